The van der Waals surface area contributed by atoms with E-state index in [1.165, 1.54) is 23.9 Å². The van der Waals surface area contributed by atoms with Gasteiger partial charge in [-0.3, -0.25) is 14.3 Å². The number of rotatable bonds is 3. The van der Waals surface area contributed by atoms with Crippen LogP contribution < -0.4 is 11.2 Å². The highest BCUT2D eigenvalue weighted by Gasteiger charge is 2.36. The minimum Gasteiger partial charge on any atom is -0.378 e. The second kappa shape index (κ2) is 4.64. The molecule has 7 heteroatoms. The summed E-state index contributed by atoms with van der Waals surface area (Å²) in [6.07, 6.45) is 0.697. The normalized spacial score (nSPS) is 28.2. The molecule has 2 heterocycles. The van der Waals surface area contributed by atoms with Crippen LogP contribution in [0.4, 0.5) is 0 Å². The molecule has 1 saturated heterocycles. The fraction of sp³-hybridized carbons (Fsp3) is 0.500. The average molecular weight is 240 g/mol. The smallest absolute Gasteiger partial charge is 0.330 e. The molecule has 0 radical (unpaired) electrons. The Labute approximate surface area is 96.0 Å². The summed E-state index contributed by atoms with van der Waals surface area (Å²) in [6.45, 7) is 0. The molecule has 17 heavy (non-hydrogen) atoms. The molecular weight excluding hydrogens is 228 g/mol. The van der Waals surface area contributed by atoms with Crippen LogP contribution in [-0.2, 0) is 14.3 Å². The van der Waals surface area contributed by atoms with Crippen molar-refractivity contribution in [2.45, 2.75) is 24.9 Å². The summed E-state index contributed by atoms with van der Waals surface area (Å²) in [6, 6.07) is 1.22. The number of hydrogen-bond donors (Lipinski definition) is 1. The molecule has 3 atom stereocenters. The number of carbonyl (C=O) groups excluding carboxylic acids is 1. The van der Waals surface area contributed by atoms with E-state index in [0.717, 1.165) is 0 Å². The van der Waals surface area contributed by atoms with E-state index in [1.807, 2.05) is 0 Å². The molecule has 0 spiro atoms. The van der Waals surface area contributed by atoms with E-state index < -0.39 is 23.6 Å². The third-order valence-corrected chi connectivity index (χ3v) is 2.71. The quantitative estimate of drug-likeness (QED) is 0.687. The second-order valence-electron chi connectivity index (χ2n) is 3.72. The molecule has 1 aliphatic heterocycles. The van der Waals surface area contributed by atoms with E-state index in [9.17, 15) is 14.4 Å². The van der Waals surface area contributed by atoms with Crippen molar-refractivity contribution >= 4 is 6.29 Å². The van der Waals surface area contributed by atoms with Crippen LogP contribution in [-0.4, -0.2) is 35.2 Å². The number of methoxy groups -OCH3 is 1. The fourth-order valence-electron chi connectivity index (χ4n) is 1.84. The van der Waals surface area contributed by atoms with Crippen molar-refractivity contribution < 1.29 is 14.3 Å². The number of nitrogens with one attached hydrogen (secondary N) is 1. The summed E-state index contributed by atoms with van der Waals surface area (Å²) < 4.78 is 11.7. The van der Waals surface area contributed by atoms with Crippen molar-refractivity contribution in [3.8, 4) is 0 Å². The largest absolute Gasteiger partial charge is 0.378 e. The molecule has 0 saturated carbocycles. The Morgan fingerprint density at radius 3 is 2.88 bits per heavy atom. The lowest BCUT2D eigenvalue weighted by atomic mass is 10.2. The number of nitrogens with zero attached hydrogens (tertiary/aromatic N) is 1. The van der Waals surface area contributed by atoms with Crippen LogP contribution in [0.2, 0.25) is 0 Å². The van der Waals surface area contributed by atoms with Gasteiger partial charge in [-0.15, -0.1) is 0 Å². The van der Waals surface area contributed by atoms with E-state index in [0.29, 0.717) is 12.7 Å². The first kappa shape index (κ1) is 11.7. The first-order valence-electron chi connectivity index (χ1n) is 5.10. The summed E-state index contributed by atoms with van der Waals surface area (Å²) in [7, 11) is 1.47. The number of aldehydes is 1. The monoisotopic (exact) mass is 240 g/mol. The Morgan fingerprint density at radius 2 is 2.35 bits per heavy atom. The van der Waals surface area contributed by atoms with Gasteiger partial charge in [0.05, 0.1) is 6.10 Å². The number of ether oxygens (including phenoxy) is 2. The van der Waals surface area contributed by atoms with E-state index in [4.69, 9.17) is 9.47 Å². The highest BCUT2D eigenvalue weighted by Crippen LogP contribution is 2.28. The van der Waals surface area contributed by atoms with Crippen molar-refractivity contribution in [2.24, 2.45) is 0 Å². The molecule has 0 unspecified atom stereocenters. The maximum Gasteiger partial charge on any atom is 0.330 e. The molecule has 92 valence electrons. The number of carbonyl (C=O) groups is 1. The molecule has 0 aromatic carbocycles. The van der Waals surface area contributed by atoms with Crippen molar-refractivity contribution in [3.05, 3.63) is 33.1 Å². The lowest BCUT2D eigenvalue weighted by Gasteiger charge is -2.12. The zero-order valence-electron chi connectivity index (χ0n) is 9.16. The van der Waals surface area contributed by atoms with Crippen LogP contribution in [0.15, 0.2) is 21.9 Å². The number of hydrogen-bond acceptors (Lipinski definition) is 5. The molecule has 1 aromatic rings. The minimum absolute atomic E-state index is 0.378. The Balaban J connectivity index is 2.28. The van der Waals surface area contributed by atoms with Gasteiger partial charge in [-0.05, 0) is 0 Å². The second-order valence-corrected chi connectivity index (χ2v) is 3.72. The number of H-pyrrole nitrogens is 1. The van der Waals surface area contributed by atoms with Crippen LogP contribution in [0, 0.1) is 0 Å². The summed E-state index contributed by atoms with van der Waals surface area (Å²) in [5.74, 6) is 0. The topological polar surface area (TPSA) is 90.4 Å². The first-order chi connectivity index (χ1) is 8.15. The van der Waals surface area contributed by atoms with Gasteiger partial charge in [-0.2, -0.15) is 0 Å². The summed E-state index contributed by atoms with van der Waals surface area (Å²) in [5.41, 5.74) is -1.04. The Hall–Kier alpha value is -1.73. The summed E-state index contributed by atoms with van der Waals surface area (Å²) >= 11 is 0. The number of aromatic nitrogens is 2. The molecule has 2 rings (SSSR count). The molecule has 1 fully saturated rings. The van der Waals surface area contributed by atoms with Crippen LogP contribution >= 0.6 is 0 Å². The van der Waals surface area contributed by atoms with E-state index in [1.54, 1.807) is 0 Å². The van der Waals surface area contributed by atoms with Crippen molar-refractivity contribution in [1.29, 1.82) is 0 Å². The van der Waals surface area contributed by atoms with Gasteiger partial charge < -0.3 is 14.3 Å². The Kier molecular flexibility index (Phi) is 3.21. The Bertz CT molecular complexity index is 520. The van der Waals surface area contributed by atoms with Gasteiger partial charge in [0.1, 0.15) is 12.3 Å². The predicted molar refractivity (Wildman–Crippen MR) is 56.7 cm³/mol. The summed E-state index contributed by atoms with van der Waals surface area (Å²) in [5, 5.41) is 0. The van der Waals surface area contributed by atoms with Crippen LogP contribution in [0.3, 0.4) is 0 Å². The van der Waals surface area contributed by atoms with Crippen LogP contribution in [0.5, 0.6) is 0 Å². The maximum atomic E-state index is 11.5. The average Bonchev–Trinajstić information content (AvgIpc) is 2.72. The van der Waals surface area contributed by atoms with Gasteiger partial charge in [0, 0.05) is 25.8 Å². The standard InChI is InChI=1S/C10H12N2O5/c1-16-6-4-9(17-7(6)5-13)12-3-2-8(14)11-10(12)15/h2-3,5-7,9H,4H2,1H3,(H,11,14,15)/t6-,7+,9+/m0/s1. The van der Waals surface area contributed by atoms with Crippen molar-refractivity contribution in [1.82, 2.24) is 9.55 Å². The Morgan fingerprint density at radius 1 is 1.59 bits per heavy atom. The highest BCUT2D eigenvalue weighted by molar-refractivity contribution is 5.57. The maximum absolute atomic E-state index is 11.5. The SMILES string of the molecule is CO[C@H]1C[C@H](n2ccc(=O)[nH]c2=O)O[C@@H]1C=O. The molecule has 1 aliphatic rings. The molecule has 7 nitrogen and oxygen atoms in total. The van der Waals surface area contributed by atoms with Gasteiger partial charge in [0.25, 0.3) is 5.56 Å². The lowest BCUT2D eigenvalue weighted by molar-refractivity contribution is -0.123. The predicted octanol–water partition coefficient (Wildman–Crippen LogP) is -0.962. The van der Waals surface area contributed by atoms with Crippen molar-refractivity contribution in [3.63, 3.8) is 0 Å². The van der Waals surface area contributed by atoms with Gasteiger partial charge in [0.15, 0.2) is 6.29 Å². The molecule has 0 amide bonds. The molecule has 1 N–H and O–H groups in total. The zero-order valence-corrected chi connectivity index (χ0v) is 9.16. The fourth-order valence-corrected chi connectivity index (χ4v) is 1.84. The van der Waals surface area contributed by atoms with Gasteiger partial charge in [0.2, 0.25) is 0 Å². The van der Waals surface area contributed by atoms with Gasteiger partial charge in [-0.1, -0.05) is 0 Å². The van der Waals surface area contributed by atoms with Crippen molar-refractivity contribution in [2.75, 3.05) is 7.11 Å². The van der Waals surface area contributed by atoms with Crippen LogP contribution in [0.1, 0.15) is 12.6 Å². The highest BCUT2D eigenvalue weighted by atomic mass is 16.6. The minimum atomic E-state index is -0.691. The molecule has 0 aliphatic carbocycles. The zero-order chi connectivity index (χ0) is 12.4. The van der Waals surface area contributed by atoms with Crippen LogP contribution in [0.25, 0.3) is 0 Å². The van der Waals surface area contributed by atoms with E-state index in [2.05, 4.69) is 4.98 Å². The third-order valence-electron chi connectivity index (χ3n) is 2.71. The molecule has 1 aromatic heterocycles. The number of aromatic amines is 1. The first-order valence-corrected chi connectivity index (χ1v) is 5.10. The summed E-state index contributed by atoms with van der Waals surface area (Å²) in [4.78, 5) is 35.3. The van der Waals surface area contributed by atoms with E-state index >= 15 is 0 Å². The van der Waals surface area contributed by atoms with Gasteiger partial charge in [-0.25, -0.2) is 4.79 Å². The lowest BCUT2D eigenvalue weighted by Crippen LogP contribution is -2.31. The van der Waals surface area contributed by atoms with Gasteiger partial charge >= 0.3 is 5.69 Å². The third kappa shape index (κ3) is 2.20. The van der Waals surface area contributed by atoms with E-state index in [-0.39, 0.29) is 6.10 Å². The molecular formula is C10H12N2O5. The molecule has 0 bridgehead atoms.